The van der Waals surface area contributed by atoms with Crippen LogP contribution in [0.3, 0.4) is 0 Å². The van der Waals surface area contributed by atoms with Crippen LogP contribution in [-0.4, -0.2) is 11.2 Å². The number of benzene rings is 1. The van der Waals surface area contributed by atoms with Crippen LogP contribution < -0.4 is 5.73 Å². The maximum atomic E-state index is 9.28. The Kier molecular flexibility index (Phi) is 3.56. The molecule has 0 spiro atoms. The average molecular weight is 220 g/mol. The SMILES string of the molecule is CC(O)[C@@H](N)c1c(Cl)cccc1Cl. The van der Waals surface area contributed by atoms with Gasteiger partial charge in [-0.25, -0.2) is 0 Å². The lowest BCUT2D eigenvalue weighted by atomic mass is 10.0. The maximum Gasteiger partial charge on any atom is 0.0705 e. The molecule has 1 aromatic carbocycles. The standard InChI is InChI=1S/C9H11Cl2NO/c1-5(13)9(12)8-6(10)3-2-4-7(8)11/h2-5,9,13H,12H2,1H3/t5?,9-/m1/s1. The number of aliphatic hydroxyl groups is 1. The Balaban J connectivity index is 3.12. The first-order valence-electron chi connectivity index (χ1n) is 3.91. The Labute approximate surface area is 87.3 Å². The second-order valence-corrected chi connectivity index (χ2v) is 3.72. The van der Waals surface area contributed by atoms with Gasteiger partial charge in [0.15, 0.2) is 0 Å². The summed E-state index contributed by atoms with van der Waals surface area (Å²) in [6.07, 6.45) is -0.669. The highest BCUT2D eigenvalue weighted by atomic mass is 35.5. The zero-order valence-electron chi connectivity index (χ0n) is 7.17. The first kappa shape index (κ1) is 10.8. The van der Waals surface area contributed by atoms with Crippen molar-refractivity contribution in [2.75, 3.05) is 0 Å². The minimum atomic E-state index is -0.669. The molecule has 0 aliphatic heterocycles. The van der Waals surface area contributed by atoms with Gasteiger partial charge < -0.3 is 10.8 Å². The lowest BCUT2D eigenvalue weighted by Crippen LogP contribution is -2.23. The number of halogens is 2. The smallest absolute Gasteiger partial charge is 0.0705 e. The van der Waals surface area contributed by atoms with Crippen molar-refractivity contribution in [2.24, 2.45) is 5.73 Å². The molecule has 1 unspecified atom stereocenters. The summed E-state index contributed by atoms with van der Waals surface area (Å²) < 4.78 is 0. The number of aliphatic hydroxyl groups excluding tert-OH is 1. The van der Waals surface area contributed by atoms with Crippen molar-refractivity contribution < 1.29 is 5.11 Å². The molecule has 72 valence electrons. The van der Waals surface area contributed by atoms with Crippen LogP contribution in [0.1, 0.15) is 18.5 Å². The highest BCUT2D eigenvalue weighted by Gasteiger charge is 2.17. The predicted octanol–water partition coefficient (Wildman–Crippen LogP) is 2.37. The summed E-state index contributed by atoms with van der Waals surface area (Å²) >= 11 is 11.8. The molecule has 0 saturated heterocycles. The van der Waals surface area contributed by atoms with Crippen molar-refractivity contribution >= 4 is 23.2 Å². The average Bonchev–Trinajstić information content (AvgIpc) is 2.03. The number of hydrogen-bond acceptors (Lipinski definition) is 2. The summed E-state index contributed by atoms with van der Waals surface area (Å²) in [5.41, 5.74) is 6.32. The van der Waals surface area contributed by atoms with E-state index >= 15 is 0 Å². The van der Waals surface area contributed by atoms with Gasteiger partial charge in [0.2, 0.25) is 0 Å². The normalized spacial score (nSPS) is 15.5. The summed E-state index contributed by atoms with van der Waals surface area (Å²) in [7, 11) is 0. The van der Waals surface area contributed by atoms with Gasteiger partial charge in [-0.15, -0.1) is 0 Å². The number of hydrogen-bond donors (Lipinski definition) is 2. The summed E-state index contributed by atoms with van der Waals surface area (Å²) in [5, 5.41) is 10.3. The highest BCUT2D eigenvalue weighted by molar-refractivity contribution is 6.36. The van der Waals surface area contributed by atoms with E-state index in [1.165, 1.54) is 0 Å². The van der Waals surface area contributed by atoms with Gasteiger partial charge in [-0.05, 0) is 19.1 Å². The molecule has 4 heteroatoms. The third kappa shape index (κ3) is 2.35. The zero-order chi connectivity index (χ0) is 10.0. The molecule has 0 aromatic heterocycles. The Morgan fingerprint density at radius 1 is 1.31 bits per heavy atom. The van der Waals surface area contributed by atoms with Gasteiger partial charge in [0.1, 0.15) is 0 Å². The molecule has 13 heavy (non-hydrogen) atoms. The van der Waals surface area contributed by atoms with Crippen molar-refractivity contribution in [1.29, 1.82) is 0 Å². The fraction of sp³-hybridized carbons (Fsp3) is 0.333. The topological polar surface area (TPSA) is 46.2 Å². The second-order valence-electron chi connectivity index (χ2n) is 2.90. The molecule has 0 bridgehead atoms. The van der Waals surface area contributed by atoms with Crippen molar-refractivity contribution in [1.82, 2.24) is 0 Å². The van der Waals surface area contributed by atoms with Crippen LogP contribution in [0, 0.1) is 0 Å². The van der Waals surface area contributed by atoms with Crippen LogP contribution in [-0.2, 0) is 0 Å². The summed E-state index contributed by atoms with van der Waals surface area (Å²) in [6.45, 7) is 1.60. The summed E-state index contributed by atoms with van der Waals surface area (Å²) in [4.78, 5) is 0. The van der Waals surface area contributed by atoms with Crippen molar-refractivity contribution in [3.63, 3.8) is 0 Å². The van der Waals surface area contributed by atoms with E-state index in [-0.39, 0.29) is 0 Å². The van der Waals surface area contributed by atoms with Crippen molar-refractivity contribution in [3.05, 3.63) is 33.8 Å². The van der Waals surface area contributed by atoms with Crippen LogP contribution in [0.25, 0.3) is 0 Å². The molecule has 0 radical (unpaired) electrons. The fourth-order valence-electron chi connectivity index (χ4n) is 1.07. The Hall–Kier alpha value is -0.280. The third-order valence-corrected chi connectivity index (χ3v) is 2.51. The molecule has 2 nitrogen and oxygen atoms in total. The van der Waals surface area contributed by atoms with Gasteiger partial charge in [0.05, 0.1) is 12.1 Å². The second kappa shape index (κ2) is 4.29. The van der Waals surface area contributed by atoms with E-state index in [9.17, 15) is 5.11 Å². The van der Waals surface area contributed by atoms with Gasteiger partial charge in [-0.3, -0.25) is 0 Å². The monoisotopic (exact) mass is 219 g/mol. The number of nitrogens with two attached hydrogens (primary N) is 1. The van der Waals surface area contributed by atoms with Crippen LogP contribution in [0.5, 0.6) is 0 Å². The molecule has 0 amide bonds. The number of rotatable bonds is 2. The van der Waals surface area contributed by atoms with Crippen LogP contribution in [0.2, 0.25) is 10.0 Å². The Morgan fingerprint density at radius 2 is 1.77 bits per heavy atom. The maximum absolute atomic E-state index is 9.28. The van der Waals surface area contributed by atoms with Gasteiger partial charge >= 0.3 is 0 Å². The van der Waals surface area contributed by atoms with E-state index in [0.29, 0.717) is 15.6 Å². The third-order valence-electron chi connectivity index (χ3n) is 1.85. The molecule has 1 aromatic rings. The molecule has 1 rings (SSSR count). The Bertz CT molecular complexity index is 281. The molecule has 0 aliphatic rings. The van der Waals surface area contributed by atoms with Gasteiger partial charge in [-0.1, -0.05) is 29.3 Å². The van der Waals surface area contributed by atoms with Gasteiger partial charge in [-0.2, -0.15) is 0 Å². The molecule has 0 aliphatic carbocycles. The lowest BCUT2D eigenvalue weighted by molar-refractivity contribution is 0.164. The highest BCUT2D eigenvalue weighted by Crippen LogP contribution is 2.30. The van der Waals surface area contributed by atoms with Gasteiger partial charge in [0.25, 0.3) is 0 Å². The first-order chi connectivity index (χ1) is 6.04. The minimum absolute atomic E-state index is 0.487. The first-order valence-corrected chi connectivity index (χ1v) is 4.67. The molecular weight excluding hydrogens is 209 g/mol. The van der Waals surface area contributed by atoms with Crippen LogP contribution >= 0.6 is 23.2 Å². The summed E-state index contributed by atoms with van der Waals surface area (Å²) in [6, 6.07) is 4.60. The zero-order valence-corrected chi connectivity index (χ0v) is 8.68. The van der Waals surface area contributed by atoms with E-state index in [1.807, 2.05) is 0 Å². The van der Waals surface area contributed by atoms with E-state index < -0.39 is 12.1 Å². The van der Waals surface area contributed by atoms with Gasteiger partial charge in [0, 0.05) is 15.6 Å². The van der Waals surface area contributed by atoms with Crippen molar-refractivity contribution in [3.8, 4) is 0 Å². The summed E-state index contributed by atoms with van der Waals surface area (Å²) in [5.74, 6) is 0. The van der Waals surface area contributed by atoms with Crippen LogP contribution in [0.15, 0.2) is 18.2 Å². The minimum Gasteiger partial charge on any atom is -0.391 e. The Morgan fingerprint density at radius 3 is 2.15 bits per heavy atom. The molecule has 3 N–H and O–H groups in total. The van der Waals surface area contributed by atoms with Crippen molar-refractivity contribution in [2.45, 2.75) is 19.1 Å². The quantitative estimate of drug-likeness (QED) is 0.803. The van der Waals surface area contributed by atoms with E-state index in [0.717, 1.165) is 0 Å². The molecule has 2 atom stereocenters. The lowest BCUT2D eigenvalue weighted by Gasteiger charge is -2.17. The van der Waals surface area contributed by atoms with E-state index in [1.54, 1.807) is 25.1 Å². The van der Waals surface area contributed by atoms with E-state index in [2.05, 4.69) is 0 Å². The molecule has 0 fully saturated rings. The molecular formula is C9H11Cl2NO. The fourth-order valence-corrected chi connectivity index (χ4v) is 1.72. The largest absolute Gasteiger partial charge is 0.391 e. The molecule has 0 heterocycles. The predicted molar refractivity (Wildman–Crippen MR) is 55.1 cm³/mol. The molecule has 0 saturated carbocycles. The van der Waals surface area contributed by atoms with E-state index in [4.69, 9.17) is 28.9 Å². The van der Waals surface area contributed by atoms with Crippen LogP contribution in [0.4, 0.5) is 0 Å².